The molecule has 1 fully saturated rings. The van der Waals surface area contributed by atoms with Crippen molar-refractivity contribution in [1.29, 1.82) is 0 Å². The number of thioether (sulfide) groups is 1. The molecule has 0 radical (unpaired) electrons. The summed E-state index contributed by atoms with van der Waals surface area (Å²) in [7, 11) is 0. The predicted octanol–water partition coefficient (Wildman–Crippen LogP) is 1.75. The number of aromatic nitrogens is 2. The topological polar surface area (TPSA) is 83.4 Å². The Balaban J connectivity index is 2.31. The summed E-state index contributed by atoms with van der Waals surface area (Å²) in [5.74, 6) is -0.903. The molecular formula is C12H14ClN3O3S. The number of carbonyl (C=O) groups excluding carboxylic acids is 1. The zero-order valence-corrected chi connectivity index (χ0v) is 12.6. The molecule has 2 heterocycles. The van der Waals surface area contributed by atoms with E-state index in [2.05, 4.69) is 10.2 Å². The first-order chi connectivity index (χ1) is 9.41. The van der Waals surface area contributed by atoms with E-state index < -0.39 is 17.9 Å². The maximum absolute atomic E-state index is 12.5. The number of amides is 1. The third-order valence-electron chi connectivity index (χ3n) is 2.98. The Labute approximate surface area is 125 Å². The largest absolute Gasteiger partial charge is 0.480 e. The molecular weight excluding hydrogens is 302 g/mol. The molecule has 8 heteroatoms. The van der Waals surface area contributed by atoms with Crippen molar-refractivity contribution in [2.24, 2.45) is 5.92 Å². The summed E-state index contributed by atoms with van der Waals surface area (Å²) < 4.78 is 0. The molecule has 1 N–H and O–H groups in total. The summed E-state index contributed by atoms with van der Waals surface area (Å²) in [5.41, 5.74) is 0.105. The number of carboxylic acids is 1. The van der Waals surface area contributed by atoms with Crippen LogP contribution in [0.5, 0.6) is 0 Å². The number of hydrogen-bond acceptors (Lipinski definition) is 5. The van der Waals surface area contributed by atoms with Gasteiger partial charge in [0.25, 0.3) is 5.91 Å². The second-order valence-corrected chi connectivity index (χ2v) is 6.31. The summed E-state index contributed by atoms with van der Waals surface area (Å²) in [4.78, 5) is 25.2. The summed E-state index contributed by atoms with van der Waals surface area (Å²) in [6, 6.07) is 2.08. The number of carboxylic acid groups (broad SMARTS) is 1. The number of aliphatic carboxylic acids is 1. The minimum absolute atomic E-state index is 0.105. The van der Waals surface area contributed by atoms with Crippen LogP contribution in [0.2, 0.25) is 5.15 Å². The highest BCUT2D eigenvalue weighted by atomic mass is 35.5. The SMILES string of the molecule is CC(C)C1SCC(C(=O)O)N1C(=O)c1ccc(Cl)nn1. The highest BCUT2D eigenvalue weighted by Crippen LogP contribution is 2.35. The van der Waals surface area contributed by atoms with Gasteiger partial charge in [-0.3, -0.25) is 4.79 Å². The van der Waals surface area contributed by atoms with Crippen LogP contribution >= 0.6 is 23.4 Å². The van der Waals surface area contributed by atoms with Crippen molar-refractivity contribution >= 4 is 35.2 Å². The fourth-order valence-corrected chi connectivity index (χ4v) is 3.62. The van der Waals surface area contributed by atoms with Crippen LogP contribution in [0, 0.1) is 5.92 Å². The molecule has 1 aromatic rings. The summed E-state index contributed by atoms with van der Waals surface area (Å²) >= 11 is 7.11. The van der Waals surface area contributed by atoms with Gasteiger partial charge in [-0.2, -0.15) is 0 Å². The average molecular weight is 316 g/mol. The molecule has 1 aliphatic rings. The van der Waals surface area contributed by atoms with Crippen LogP contribution in [0.3, 0.4) is 0 Å². The van der Waals surface area contributed by atoms with Gasteiger partial charge < -0.3 is 10.0 Å². The van der Waals surface area contributed by atoms with E-state index in [0.29, 0.717) is 5.75 Å². The number of carbonyl (C=O) groups is 2. The third-order valence-corrected chi connectivity index (χ3v) is 4.80. The molecule has 0 spiro atoms. The molecule has 1 saturated heterocycles. The van der Waals surface area contributed by atoms with E-state index in [-0.39, 0.29) is 22.1 Å². The molecule has 20 heavy (non-hydrogen) atoms. The van der Waals surface area contributed by atoms with Gasteiger partial charge in [-0.1, -0.05) is 25.4 Å². The fourth-order valence-electron chi connectivity index (χ4n) is 2.05. The normalized spacial score (nSPS) is 22.3. The van der Waals surface area contributed by atoms with Gasteiger partial charge in [-0.05, 0) is 18.1 Å². The van der Waals surface area contributed by atoms with E-state index in [1.165, 1.54) is 28.8 Å². The highest BCUT2D eigenvalue weighted by molar-refractivity contribution is 8.00. The molecule has 1 amide bonds. The number of halogens is 1. The van der Waals surface area contributed by atoms with Crippen LogP contribution in [0.25, 0.3) is 0 Å². The van der Waals surface area contributed by atoms with E-state index in [0.717, 1.165) is 0 Å². The minimum atomic E-state index is -1.00. The zero-order chi connectivity index (χ0) is 14.9. The first kappa shape index (κ1) is 15.1. The van der Waals surface area contributed by atoms with Crippen molar-refractivity contribution in [2.75, 3.05) is 5.75 Å². The van der Waals surface area contributed by atoms with Crippen molar-refractivity contribution in [3.05, 3.63) is 23.0 Å². The second kappa shape index (κ2) is 5.97. The van der Waals surface area contributed by atoms with Crippen LogP contribution in [-0.4, -0.2) is 49.2 Å². The van der Waals surface area contributed by atoms with E-state index in [4.69, 9.17) is 11.6 Å². The Kier molecular flexibility index (Phi) is 4.49. The van der Waals surface area contributed by atoms with Gasteiger partial charge in [0.15, 0.2) is 10.8 Å². The molecule has 0 saturated carbocycles. The Morgan fingerprint density at radius 1 is 1.45 bits per heavy atom. The van der Waals surface area contributed by atoms with Gasteiger partial charge in [-0.25, -0.2) is 4.79 Å². The monoisotopic (exact) mass is 315 g/mol. The molecule has 1 aromatic heterocycles. The van der Waals surface area contributed by atoms with Crippen LogP contribution in [0.1, 0.15) is 24.3 Å². The summed E-state index contributed by atoms with van der Waals surface area (Å²) in [6.07, 6.45) is 0. The number of nitrogens with zero attached hydrogens (tertiary/aromatic N) is 3. The highest BCUT2D eigenvalue weighted by Gasteiger charge is 2.43. The predicted molar refractivity (Wildman–Crippen MR) is 75.7 cm³/mol. The molecule has 1 aliphatic heterocycles. The Morgan fingerprint density at radius 2 is 2.15 bits per heavy atom. The molecule has 2 rings (SSSR count). The lowest BCUT2D eigenvalue weighted by Gasteiger charge is -2.29. The number of rotatable bonds is 3. The van der Waals surface area contributed by atoms with E-state index in [1.54, 1.807) is 0 Å². The standard InChI is InChI=1S/C12H14ClN3O3S/c1-6(2)11-16(8(5-20-11)12(18)19)10(17)7-3-4-9(13)15-14-7/h3-4,6,8,11H,5H2,1-2H3,(H,18,19). The van der Waals surface area contributed by atoms with Gasteiger partial charge in [0, 0.05) is 5.75 Å². The maximum Gasteiger partial charge on any atom is 0.327 e. The Hall–Kier alpha value is -1.34. The zero-order valence-electron chi connectivity index (χ0n) is 11.0. The van der Waals surface area contributed by atoms with Crippen LogP contribution in [-0.2, 0) is 4.79 Å². The first-order valence-corrected chi connectivity index (χ1v) is 7.50. The first-order valence-electron chi connectivity index (χ1n) is 6.08. The van der Waals surface area contributed by atoms with Crippen molar-refractivity contribution in [1.82, 2.24) is 15.1 Å². The van der Waals surface area contributed by atoms with Crippen molar-refractivity contribution < 1.29 is 14.7 Å². The quantitative estimate of drug-likeness (QED) is 0.915. The van der Waals surface area contributed by atoms with Gasteiger partial charge in [0.1, 0.15) is 6.04 Å². The molecule has 0 aromatic carbocycles. The smallest absolute Gasteiger partial charge is 0.327 e. The van der Waals surface area contributed by atoms with Crippen molar-refractivity contribution in [2.45, 2.75) is 25.3 Å². The third kappa shape index (κ3) is 2.88. The molecule has 0 aliphatic carbocycles. The van der Waals surface area contributed by atoms with Crippen LogP contribution in [0.4, 0.5) is 0 Å². The summed E-state index contributed by atoms with van der Waals surface area (Å²) in [6.45, 7) is 3.91. The minimum Gasteiger partial charge on any atom is -0.480 e. The van der Waals surface area contributed by atoms with E-state index in [1.807, 2.05) is 13.8 Å². The fraction of sp³-hybridized carbons (Fsp3) is 0.500. The molecule has 2 atom stereocenters. The lowest BCUT2D eigenvalue weighted by atomic mass is 10.1. The number of hydrogen-bond donors (Lipinski definition) is 1. The van der Waals surface area contributed by atoms with Crippen LogP contribution in [0.15, 0.2) is 12.1 Å². The van der Waals surface area contributed by atoms with Gasteiger partial charge >= 0.3 is 5.97 Å². The second-order valence-electron chi connectivity index (χ2n) is 4.78. The van der Waals surface area contributed by atoms with Crippen molar-refractivity contribution in [3.8, 4) is 0 Å². The Bertz CT molecular complexity index is 523. The van der Waals surface area contributed by atoms with Crippen molar-refractivity contribution in [3.63, 3.8) is 0 Å². The van der Waals surface area contributed by atoms with E-state index >= 15 is 0 Å². The molecule has 6 nitrogen and oxygen atoms in total. The maximum atomic E-state index is 12.5. The molecule has 0 bridgehead atoms. The lowest BCUT2D eigenvalue weighted by molar-refractivity contribution is -0.141. The van der Waals surface area contributed by atoms with Crippen LogP contribution < -0.4 is 0 Å². The van der Waals surface area contributed by atoms with Gasteiger partial charge in [0.2, 0.25) is 0 Å². The van der Waals surface area contributed by atoms with Gasteiger partial charge in [-0.15, -0.1) is 22.0 Å². The lowest BCUT2D eigenvalue weighted by Crippen LogP contribution is -2.47. The Morgan fingerprint density at radius 3 is 2.65 bits per heavy atom. The summed E-state index contributed by atoms with van der Waals surface area (Å²) in [5, 5.41) is 16.6. The van der Waals surface area contributed by atoms with E-state index in [9.17, 15) is 14.7 Å². The average Bonchev–Trinajstić information content (AvgIpc) is 2.83. The molecule has 2 unspecified atom stereocenters. The van der Waals surface area contributed by atoms with Gasteiger partial charge in [0.05, 0.1) is 5.37 Å². The molecule has 108 valence electrons.